The van der Waals surface area contributed by atoms with E-state index in [0.717, 1.165) is 52.0 Å². The average Bonchev–Trinajstić information content (AvgIpc) is 2.78. The Kier molecular flexibility index (Phi) is 7.08. The normalized spacial score (nSPS) is 15.9. The Morgan fingerprint density at radius 1 is 0.633 bits per heavy atom. The minimum Gasteiger partial charge on any atom is -0.378 e. The molecule has 0 fully saturated rings. The Labute approximate surface area is 180 Å². The highest BCUT2D eigenvalue weighted by Crippen LogP contribution is 2.18. The number of ether oxygens (including phenoxy) is 2. The second kappa shape index (κ2) is 10.1. The summed E-state index contributed by atoms with van der Waals surface area (Å²) in [5, 5.41) is 0. The van der Waals surface area contributed by atoms with E-state index >= 15 is 0 Å². The zero-order valence-electron chi connectivity index (χ0n) is 18.4. The molecule has 0 aromatic heterocycles. The van der Waals surface area contributed by atoms with Gasteiger partial charge in [-0.05, 0) is 23.3 Å². The van der Waals surface area contributed by atoms with Crippen LogP contribution in [-0.2, 0) is 22.3 Å². The van der Waals surface area contributed by atoms with E-state index in [1.807, 2.05) is 0 Å². The maximum absolute atomic E-state index is 5.88. The van der Waals surface area contributed by atoms with E-state index in [-0.39, 0.29) is 0 Å². The first-order valence-corrected chi connectivity index (χ1v) is 11.2. The standard InChI is InChI=1S/C26H34N2O2/c1-27-15-11-21-7-3-5-9-23(21)25(27)13-17-29-19-20-30-18-14-26-24-10-6-4-8-22(24)12-16-28(26)2/h3-10H,11-20H2,1-2H3/q+2. The van der Waals surface area contributed by atoms with Gasteiger partial charge in [-0.25, -0.2) is 9.15 Å². The molecular formula is C26H34N2O2+2. The predicted octanol–water partition coefficient (Wildman–Crippen LogP) is 3.18. The first-order valence-electron chi connectivity index (χ1n) is 11.2. The molecule has 0 aliphatic carbocycles. The van der Waals surface area contributed by atoms with Gasteiger partial charge in [0.1, 0.15) is 27.2 Å². The molecule has 0 unspecified atom stereocenters. The summed E-state index contributed by atoms with van der Waals surface area (Å²) < 4.78 is 16.5. The molecule has 0 saturated carbocycles. The Hall–Kier alpha value is -2.30. The fourth-order valence-corrected chi connectivity index (χ4v) is 4.61. The minimum absolute atomic E-state index is 0.653. The lowest BCUT2D eigenvalue weighted by Crippen LogP contribution is -2.28. The van der Waals surface area contributed by atoms with Crippen molar-refractivity contribution in [2.24, 2.45) is 0 Å². The molecule has 4 rings (SSSR count). The summed E-state index contributed by atoms with van der Waals surface area (Å²) in [6.07, 6.45) is 4.16. The van der Waals surface area contributed by atoms with Crippen LogP contribution in [-0.4, -0.2) is 74.2 Å². The molecule has 2 aromatic rings. The van der Waals surface area contributed by atoms with Gasteiger partial charge in [-0.2, -0.15) is 0 Å². The number of likely N-dealkylation sites (N-methyl/N-ethyl adjacent to an activating group) is 2. The molecule has 2 aliphatic heterocycles. The van der Waals surface area contributed by atoms with Crippen molar-refractivity contribution >= 4 is 11.4 Å². The van der Waals surface area contributed by atoms with E-state index in [4.69, 9.17) is 9.47 Å². The second-order valence-electron chi connectivity index (χ2n) is 8.28. The van der Waals surface area contributed by atoms with E-state index < -0.39 is 0 Å². The predicted molar refractivity (Wildman–Crippen MR) is 121 cm³/mol. The average molecular weight is 407 g/mol. The summed E-state index contributed by atoms with van der Waals surface area (Å²) in [7, 11) is 4.37. The lowest BCUT2D eigenvalue weighted by atomic mass is 9.95. The summed E-state index contributed by atoms with van der Waals surface area (Å²) in [5.41, 5.74) is 8.49. The summed E-state index contributed by atoms with van der Waals surface area (Å²) in [6.45, 7) is 4.97. The van der Waals surface area contributed by atoms with E-state index in [2.05, 4.69) is 71.8 Å². The van der Waals surface area contributed by atoms with E-state index in [0.29, 0.717) is 13.2 Å². The molecule has 4 nitrogen and oxygen atoms in total. The van der Waals surface area contributed by atoms with Crippen molar-refractivity contribution in [1.29, 1.82) is 0 Å². The molecule has 0 radical (unpaired) electrons. The van der Waals surface area contributed by atoms with Crippen LogP contribution < -0.4 is 0 Å². The molecule has 0 saturated heterocycles. The largest absolute Gasteiger partial charge is 0.378 e. The van der Waals surface area contributed by atoms with E-state index in [1.165, 1.54) is 33.7 Å². The smallest absolute Gasteiger partial charge is 0.185 e. The minimum atomic E-state index is 0.653. The van der Waals surface area contributed by atoms with E-state index in [1.54, 1.807) is 0 Å². The molecule has 0 N–H and O–H groups in total. The Balaban J connectivity index is 1.17. The Morgan fingerprint density at radius 3 is 1.53 bits per heavy atom. The van der Waals surface area contributed by atoms with Gasteiger partial charge in [-0.15, -0.1) is 0 Å². The molecule has 4 heteroatoms. The van der Waals surface area contributed by atoms with Crippen LogP contribution in [0.15, 0.2) is 48.5 Å². The van der Waals surface area contributed by atoms with Crippen LogP contribution >= 0.6 is 0 Å². The third-order valence-electron chi connectivity index (χ3n) is 6.35. The number of hydrogen-bond donors (Lipinski definition) is 0. The van der Waals surface area contributed by atoms with E-state index in [9.17, 15) is 0 Å². The lowest BCUT2D eigenvalue weighted by molar-refractivity contribution is -0.499. The van der Waals surface area contributed by atoms with Gasteiger partial charge in [0, 0.05) is 24.0 Å². The quantitative estimate of drug-likeness (QED) is 0.472. The zero-order valence-corrected chi connectivity index (χ0v) is 18.4. The van der Waals surface area contributed by atoms with Crippen LogP contribution in [0.1, 0.15) is 35.1 Å². The molecule has 0 atom stereocenters. The topological polar surface area (TPSA) is 24.5 Å². The third kappa shape index (κ3) is 4.88. The second-order valence-corrected chi connectivity index (χ2v) is 8.28. The number of fused-ring (bicyclic) bond motifs is 2. The van der Waals surface area contributed by atoms with Crippen LogP contribution in [0.25, 0.3) is 0 Å². The number of benzene rings is 2. The highest BCUT2D eigenvalue weighted by molar-refractivity contribution is 5.99. The Morgan fingerprint density at radius 2 is 1.07 bits per heavy atom. The summed E-state index contributed by atoms with van der Waals surface area (Å²) >= 11 is 0. The first kappa shape index (κ1) is 21.0. The van der Waals surface area contributed by atoms with Gasteiger partial charge >= 0.3 is 0 Å². The first-order chi connectivity index (χ1) is 14.7. The van der Waals surface area contributed by atoms with Crippen LogP contribution in [0.2, 0.25) is 0 Å². The zero-order chi connectivity index (χ0) is 20.8. The highest BCUT2D eigenvalue weighted by Gasteiger charge is 2.23. The van der Waals surface area contributed by atoms with Gasteiger partial charge in [0.2, 0.25) is 0 Å². The molecule has 0 spiro atoms. The summed E-state index contributed by atoms with van der Waals surface area (Å²) in [5.74, 6) is 0. The van der Waals surface area contributed by atoms with Crippen molar-refractivity contribution in [3.8, 4) is 0 Å². The summed E-state index contributed by atoms with van der Waals surface area (Å²) in [4.78, 5) is 0. The number of nitrogens with zero attached hydrogens (tertiary/aromatic N) is 2. The van der Waals surface area contributed by atoms with Crippen molar-refractivity contribution in [3.63, 3.8) is 0 Å². The van der Waals surface area contributed by atoms with Crippen molar-refractivity contribution in [2.45, 2.75) is 25.7 Å². The summed E-state index contributed by atoms with van der Waals surface area (Å²) in [6, 6.07) is 17.5. The molecule has 0 amide bonds. The number of rotatable bonds is 9. The van der Waals surface area contributed by atoms with Gasteiger partial charge in [-0.3, -0.25) is 0 Å². The molecule has 158 valence electrons. The van der Waals surface area contributed by atoms with Gasteiger partial charge in [-0.1, -0.05) is 36.4 Å². The fraction of sp³-hybridized carbons (Fsp3) is 0.462. The van der Waals surface area contributed by atoms with Crippen molar-refractivity contribution < 1.29 is 18.6 Å². The SMILES string of the molecule is C[N+]1=C(CCOCCOCCC2=[N+](C)CCc3ccccc32)c2ccccc2CC1. The monoisotopic (exact) mass is 406 g/mol. The van der Waals surface area contributed by atoms with Gasteiger partial charge < -0.3 is 9.47 Å². The van der Waals surface area contributed by atoms with Crippen LogP contribution in [0.4, 0.5) is 0 Å². The molecule has 30 heavy (non-hydrogen) atoms. The van der Waals surface area contributed by atoms with Gasteiger partial charge in [0.05, 0.1) is 39.3 Å². The third-order valence-corrected chi connectivity index (χ3v) is 6.35. The molecule has 2 aromatic carbocycles. The molecule has 2 aliphatic rings. The maximum atomic E-state index is 5.88. The van der Waals surface area contributed by atoms with Crippen LogP contribution in [0, 0.1) is 0 Å². The van der Waals surface area contributed by atoms with Crippen LogP contribution in [0.5, 0.6) is 0 Å². The highest BCUT2D eigenvalue weighted by atomic mass is 16.5. The molecule has 0 bridgehead atoms. The number of hydrogen-bond acceptors (Lipinski definition) is 2. The molecule has 2 heterocycles. The van der Waals surface area contributed by atoms with Crippen molar-refractivity contribution in [1.82, 2.24) is 0 Å². The van der Waals surface area contributed by atoms with Crippen molar-refractivity contribution in [3.05, 3.63) is 70.8 Å². The van der Waals surface area contributed by atoms with Crippen molar-refractivity contribution in [2.75, 3.05) is 53.6 Å². The van der Waals surface area contributed by atoms with Crippen LogP contribution in [0.3, 0.4) is 0 Å². The maximum Gasteiger partial charge on any atom is 0.185 e. The lowest BCUT2D eigenvalue weighted by Gasteiger charge is -2.17. The van der Waals surface area contributed by atoms with Gasteiger partial charge in [0.15, 0.2) is 11.4 Å². The molecular weight excluding hydrogens is 372 g/mol. The Bertz CT molecular complexity index is 868. The van der Waals surface area contributed by atoms with Gasteiger partial charge in [0.25, 0.3) is 0 Å². The fourth-order valence-electron chi connectivity index (χ4n) is 4.61.